The molecule has 2 aromatic carbocycles. The second kappa shape index (κ2) is 4.56. The van der Waals surface area contributed by atoms with E-state index < -0.39 is 0 Å². The molecule has 0 heterocycles. The molecular weight excluding hydrogens is 232 g/mol. The van der Waals surface area contributed by atoms with Gasteiger partial charge in [-0.15, -0.1) is 0 Å². The quantitative estimate of drug-likeness (QED) is 0.574. The summed E-state index contributed by atoms with van der Waals surface area (Å²) in [5, 5.41) is 30.1. The molecule has 2 rings (SSSR count). The van der Waals surface area contributed by atoms with Gasteiger partial charge in [-0.25, -0.2) is 0 Å². The highest BCUT2D eigenvalue weighted by molar-refractivity contribution is 6.08. The van der Waals surface area contributed by atoms with E-state index in [1.54, 1.807) is 12.1 Å². The lowest BCUT2D eigenvalue weighted by Gasteiger charge is -2.10. The maximum absolute atomic E-state index is 11.8. The highest BCUT2D eigenvalue weighted by atomic mass is 16.3. The number of rotatable bonds is 3. The number of fused-ring (bicyclic) bond motifs is 1. The molecule has 4 heteroatoms. The number of aromatic hydroxyl groups is 3. The number of carbonyl (C=O) groups excluding carboxylic acids is 1. The van der Waals surface area contributed by atoms with Gasteiger partial charge in [-0.3, -0.25) is 4.79 Å². The number of ketones is 1. The lowest BCUT2D eigenvalue weighted by atomic mass is 9.99. The van der Waals surface area contributed by atoms with Crippen molar-refractivity contribution in [2.24, 2.45) is 0 Å². The molecule has 0 aliphatic heterocycles. The van der Waals surface area contributed by atoms with Crippen LogP contribution in [0.15, 0.2) is 24.3 Å². The second-order valence-corrected chi connectivity index (χ2v) is 4.16. The molecule has 18 heavy (non-hydrogen) atoms. The Balaban J connectivity index is 2.75. The molecule has 0 aliphatic rings. The van der Waals surface area contributed by atoms with Crippen molar-refractivity contribution in [3.8, 4) is 17.2 Å². The zero-order valence-electron chi connectivity index (χ0n) is 9.97. The van der Waals surface area contributed by atoms with E-state index in [1.807, 2.05) is 6.92 Å². The van der Waals surface area contributed by atoms with E-state index in [2.05, 4.69) is 0 Å². The fraction of sp³-hybridized carbons (Fsp3) is 0.214. The fourth-order valence-corrected chi connectivity index (χ4v) is 1.99. The Bertz CT molecular complexity index is 617. The van der Waals surface area contributed by atoms with Crippen molar-refractivity contribution in [1.82, 2.24) is 0 Å². The molecule has 0 amide bonds. The van der Waals surface area contributed by atoms with Gasteiger partial charge in [-0.1, -0.05) is 19.1 Å². The molecule has 0 saturated carbocycles. The first-order valence-corrected chi connectivity index (χ1v) is 5.76. The average molecular weight is 246 g/mol. The summed E-state index contributed by atoms with van der Waals surface area (Å²) in [7, 11) is 0. The molecule has 94 valence electrons. The zero-order chi connectivity index (χ0) is 13.3. The summed E-state index contributed by atoms with van der Waals surface area (Å²) in [6.07, 6.45) is 0.934. The topological polar surface area (TPSA) is 77.8 Å². The maximum atomic E-state index is 11.8. The van der Waals surface area contributed by atoms with Crippen LogP contribution in [0.3, 0.4) is 0 Å². The lowest BCUT2D eigenvalue weighted by molar-refractivity contribution is 0.0979. The van der Waals surface area contributed by atoms with Crippen molar-refractivity contribution in [2.75, 3.05) is 0 Å². The predicted octanol–water partition coefficient (Wildman–Crippen LogP) is 2.94. The smallest absolute Gasteiger partial charge is 0.166 e. The Morgan fingerprint density at radius 1 is 1.17 bits per heavy atom. The third kappa shape index (κ3) is 1.86. The van der Waals surface area contributed by atoms with E-state index in [0.717, 1.165) is 0 Å². The minimum Gasteiger partial charge on any atom is -0.507 e. The van der Waals surface area contributed by atoms with E-state index in [0.29, 0.717) is 11.8 Å². The van der Waals surface area contributed by atoms with Crippen LogP contribution >= 0.6 is 0 Å². The van der Waals surface area contributed by atoms with Crippen LogP contribution in [0.25, 0.3) is 10.8 Å². The summed E-state index contributed by atoms with van der Waals surface area (Å²) in [5.41, 5.74) is 0.0448. The van der Waals surface area contributed by atoms with Gasteiger partial charge in [0, 0.05) is 11.8 Å². The van der Waals surface area contributed by atoms with E-state index >= 15 is 0 Å². The Labute approximate surface area is 104 Å². The van der Waals surface area contributed by atoms with Gasteiger partial charge >= 0.3 is 0 Å². The monoisotopic (exact) mass is 246 g/mol. The molecule has 2 aromatic rings. The zero-order valence-corrected chi connectivity index (χ0v) is 9.97. The minimum atomic E-state index is -0.278. The largest absolute Gasteiger partial charge is 0.507 e. The van der Waals surface area contributed by atoms with Crippen LogP contribution in [0, 0.1) is 0 Å². The molecule has 0 atom stereocenters. The molecular formula is C14H14O4. The third-order valence-electron chi connectivity index (χ3n) is 2.87. The van der Waals surface area contributed by atoms with E-state index in [-0.39, 0.29) is 40.4 Å². The summed E-state index contributed by atoms with van der Waals surface area (Å²) in [5.74, 6) is -0.820. The van der Waals surface area contributed by atoms with Gasteiger partial charge in [-0.05, 0) is 18.6 Å². The first kappa shape index (κ1) is 12.2. The number of Topliss-reactive ketones (excluding diaryl/α,β-unsaturated/α-hetero) is 1. The van der Waals surface area contributed by atoms with Crippen LogP contribution in [0.4, 0.5) is 0 Å². The van der Waals surface area contributed by atoms with Crippen molar-refractivity contribution in [1.29, 1.82) is 0 Å². The molecule has 4 nitrogen and oxygen atoms in total. The Morgan fingerprint density at radius 2 is 1.89 bits per heavy atom. The summed E-state index contributed by atoms with van der Waals surface area (Å²) in [6.45, 7) is 1.85. The maximum Gasteiger partial charge on any atom is 0.166 e. The lowest BCUT2D eigenvalue weighted by Crippen LogP contribution is -1.99. The second-order valence-electron chi connectivity index (χ2n) is 4.16. The summed E-state index contributed by atoms with van der Waals surface area (Å²) in [6, 6.07) is 5.77. The molecule has 0 fully saturated rings. The number of benzene rings is 2. The van der Waals surface area contributed by atoms with Crippen LogP contribution in [-0.4, -0.2) is 21.1 Å². The van der Waals surface area contributed by atoms with Crippen molar-refractivity contribution in [3.05, 3.63) is 29.8 Å². The Morgan fingerprint density at radius 3 is 2.56 bits per heavy atom. The molecule has 0 aliphatic carbocycles. The van der Waals surface area contributed by atoms with Gasteiger partial charge in [0.05, 0.1) is 10.9 Å². The normalized spacial score (nSPS) is 10.7. The van der Waals surface area contributed by atoms with Gasteiger partial charge in [0.1, 0.15) is 17.2 Å². The van der Waals surface area contributed by atoms with Crippen LogP contribution in [-0.2, 0) is 0 Å². The number of phenolic OH excluding ortho intramolecular Hbond substituents is 3. The highest BCUT2D eigenvalue weighted by Crippen LogP contribution is 2.40. The molecule has 0 saturated heterocycles. The SMILES string of the molecule is CCCC(=O)c1cc(O)c2cccc(O)c2c1O. The van der Waals surface area contributed by atoms with Gasteiger partial charge in [-0.2, -0.15) is 0 Å². The Hall–Kier alpha value is -2.23. The van der Waals surface area contributed by atoms with Gasteiger partial charge in [0.2, 0.25) is 0 Å². The number of hydrogen-bond acceptors (Lipinski definition) is 4. The molecule has 0 bridgehead atoms. The molecule has 0 spiro atoms. The van der Waals surface area contributed by atoms with Gasteiger partial charge < -0.3 is 15.3 Å². The van der Waals surface area contributed by atoms with Crippen molar-refractivity contribution in [3.63, 3.8) is 0 Å². The number of phenols is 3. The molecule has 0 aromatic heterocycles. The molecule has 3 N–H and O–H groups in total. The van der Waals surface area contributed by atoms with E-state index in [9.17, 15) is 20.1 Å². The van der Waals surface area contributed by atoms with Crippen LogP contribution < -0.4 is 0 Å². The van der Waals surface area contributed by atoms with Crippen LogP contribution in [0.5, 0.6) is 17.2 Å². The van der Waals surface area contributed by atoms with Gasteiger partial charge in [0.25, 0.3) is 0 Å². The highest BCUT2D eigenvalue weighted by Gasteiger charge is 2.18. The van der Waals surface area contributed by atoms with E-state index in [4.69, 9.17) is 0 Å². The first-order chi connectivity index (χ1) is 8.56. The summed E-state index contributed by atoms with van der Waals surface area (Å²) < 4.78 is 0. The minimum absolute atomic E-state index is 0.0448. The van der Waals surface area contributed by atoms with Crippen molar-refractivity contribution in [2.45, 2.75) is 19.8 Å². The molecule has 0 unspecified atom stereocenters. The average Bonchev–Trinajstić information content (AvgIpc) is 2.33. The Kier molecular flexibility index (Phi) is 3.10. The third-order valence-corrected chi connectivity index (χ3v) is 2.87. The predicted molar refractivity (Wildman–Crippen MR) is 68.2 cm³/mol. The van der Waals surface area contributed by atoms with Crippen molar-refractivity contribution >= 4 is 16.6 Å². The van der Waals surface area contributed by atoms with Crippen LogP contribution in [0.2, 0.25) is 0 Å². The van der Waals surface area contributed by atoms with E-state index in [1.165, 1.54) is 12.1 Å². The summed E-state index contributed by atoms with van der Waals surface area (Å²) in [4.78, 5) is 11.8. The number of hydrogen-bond donors (Lipinski definition) is 3. The summed E-state index contributed by atoms with van der Waals surface area (Å²) >= 11 is 0. The standard InChI is InChI=1S/C14H14O4/c1-2-4-10(15)9-7-12(17)8-5-3-6-11(16)13(8)14(9)18/h3,5-7,16-18H,2,4H2,1H3. The number of carbonyl (C=O) groups is 1. The van der Waals surface area contributed by atoms with Crippen LogP contribution in [0.1, 0.15) is 30.1 Å². The van der Waals surface area contributed by atoms with Gasteiger partial charge in [0.15, 0.2) is 5.78 Å². The molecule has 0 radical (unpaired) electrons. The first-order valence-electron chi connectivity index (χ1n) is 5.76. The fourth-order valence-electron chi connectivity index (χ4n) is 1.99. The van der Waals surface area contributed by atoms with Crippen molar-refractivity contribution < 1.29 is 20.1 Å².